The third-order valence-electron chi connectivity index (χ3n) is 6.69. The fraction of sp³-hybridized carbons (Fsp3) is 0.400. The Hall–Kier alpha value is -3.17. The maximum absolute atomic E-state index is 13.1. The summed E-state index contributed by atoms with van der Waals surface area (Å²) in [5.74, 6) is 1.72. The number of hydrogen-bond acceptors (Lipinski definition) is 7. The molecule has 0 unspecified atom stereocenters. The van der Waals surface area contributed by atoms with E-state index in [4.69, 9.17) is 4.74 Å². The van der Waals surface area contributed by atoms with Crippen molar-refractivity contribution in [1.29, 1.82) is 0 Å². The Morgan fingerprint density at radius 1 is 1.24 bits per heavy atom. The quantitative estimate of drug-likeness (QED) is 0.422. The minimum atomic E-state index is -0.0559. The third kappa shape index (κ3) is 4.21. The van der Waals surface area contributed by atoms with E-state index in [1.165, 1.54) is 11.3 Å². The Bertz CT molecular complexity index is 1320. The highest BCUT2D eigenvalue weighted by Crippen LogP contribution is 2.35. The molecule has 1 saturated heterocycles. The molecule has 1 aromatic carbocycles. The zero-order valence-electron chi connectivity index (χ0n) is 19.9. The molecule has 0 aliphatic carbocycles. The molecule has 1 aliphatic heterocycles. The number of fused-ring (bicyclic) bond motifs is 2. The second-order valence-corrected chi connectivity index (χ2v) is 9.59. The number of nitrogens with one attached hydrogen (secondary N) is 2. The fourth-order valence-corrected chi connectivity index (χ4v) is 5.73. The number of carbonyl (C=O) groups excluding carboxylic acids is 1. The number of thiophene rings is 1. The van der Waals surface area contributed by atoms with Gasteiger partial charge in [0.15, 0.2) is 0 Å². The highest BCUT2D eigenvalue weighted by atomic mass is 32.1. The van der Waals surface area contributed by atoms with E-state index in [-0.39, 0.29) is 5.91 Å². The van der Waals surface area contributed by atoms with Crippen molar-refractivity contribution in [2.24, 2.45) is 0 Å². The van der Waals surface area contributed by atoms with Gasteiger partial charge in [-0.05, 0) is 49.2 Å². The number of aromatic nitrogens is 3. The molecular weight excluding hydrogens is 448 g/mol. The van der Waals surface area contributed by atoms with Crippen molar-refractivity contribution in [3.8, 4) is 5.75 Å². The summed E-state index contributed by atoms with van der Waals surface area (Å²) in [5.41, 5.74) is 3.18. The van der Waals surface area contributed by atoms with Crippen LogP contribution in [0.4, 0.5) is 5.82 Å². The lowest BCUT2D eigenvalue weighted by atomic mass is 10.1. The molecule has 34 heavy (non-hydrogen) atoms. The molecule has 1 amide bonds. The smallest absolute Gasteiger partial charge is 0.261 e. The van der Waals surface area contributed by atoms with Crippen molar-refractivity contribution >= 4 is 44.2 Å². The van der Waals surface area contributed by atoms with Gasteiger partial charge in [-0.15, -0.1) is 11.3 Å². The second-order valence-electron chi connectivity index (χ2n) is 8.59. The number of amides is 1. The molecule has 2 N–H and O–H groups in total. The molecule has 0 spiro atoms. The first-order valence-corrected chi connectivity index (χ1v) is 12.5. The topological polar surface area (TPSA) is 86.4 Å². The standard InChI is InChI=1S/C25H30N6O2S/c1-4-30-9-11-31(12-10-30)23-21-16(2)22(34-25(21)29-15-28-23)24(32)26-8-7-17-14-27-20-6-5-18(33-3)13-19(17)20/h5-6,13-15,27H,4,7-12H2,1-3H3,(H,26,32). The van der Waals surface area contributed by atoms with Crippen molar-refractivity contribution < 1.29 is 9.53 Å². The number of methoxy groups -OCH3 is 1. The van der Waals surface area contributed by atoms with E-state index in [9.17, 15) is 4.79 Å². The number of aromatic amines is 1. The van der Waals surface area contributed by atoms with Crippen molar-refractivity contribution in [3.05, 3.63) is 46.7 Å². The van der Waals surface area contributed by atoms with Gasteiger partial charge in [0.25, 0.3) is 5.91 Å². The van der Waals surface area contributed by atoms with Crippen LogP contribution in [0.1, 0.15) is 27.7 Å². The number of aryl methyl sites for hydroxylation is 1. The minimum absolute atomic E-state index is 0.0559. The number of H-pyrrole nitrogens is 1. The maximum Gasteiger partial charge on any atom is 0.261 e. The lowest BCUT2D eigenvalue weighted by Crippen LogP contribution is -2.46. The number of ether oxygens (including phenoxy) is 1. The zero-order valence-corrected chi connectivity index (χ0v) is 20.7. The average molecular weight is 479 g/mol. The molecule has 178 valence electrons. The van der Waals surface area contributed by atoms with E-state index in [0.717, 1.165) is 83.0 Å². The number of likely N-dealkylation sites (N-methyl/N-ethyl adjacent to an activating group) is 1. The van der Waals surface area contributed by atoms with Gasteiger partial charge >= 0.3 is 0 Å². The van der Waals surface area contributed by atoms with Crippen LogP contribution in [0.3, 0.4) is 0 Å². The Morgan fingerprint density at radius 3 is 2.82 bits per heavy atom. The Balaban J connectivity index is 1.31. The van der Waals surface area contributed by atoms with Gasteiger partial charge in [-0.1, -0.05) is 6.92 Å². The SMILES string of the molecule is CCN1CCN(c2ncnc3sc(C(=O)NCCc4c[nH]c5ccc(OC)cc45)c(C)c23)CC1. The first-order chi connectivity index (χ1) is 16.6. The number of piperazine rings is 1. The Labute approximate surface area is 202 Å². The maximum atomic E-state index is 13.1. The van der Waals surface area contributed by atoms with Gasteiger partial charge in [-0.3, -0.25) is 4.79 Å². The fourth-order valence-electron chi connectivity index (χ4n) is 4.67. The molecular formula is C25H30N6O2S. The van der Waals surface area contributed by atoms with Crippen molar-refractivity contribution in [1.82, 2.24) is 25.2 Å². The van der Waals surface area contributed by atoms with Crippen LogP contribution in [0.25, 0.3) is 21.1 Å². The van der Waals surface area contributed by atoms with E-state index in [1.807, 2.05) is 31.3 Å². The van der Waals surface area contributed by atoms with Crippen LogP contribution in [0, 0.1) is 6.92 Å². The van der Waals surface area contributed by atoms with Gasteiger partial charge < -0.3 is 24.8 Å². The molecule has 8 nitrogen and oxygen atoms in total. The van der Waals surface area contributed by atoms with Gasteiger partial charge in [0.05, 0.1) is 17.4 Å². The van der Waals surface area contributed by atoms with Crippen molar-refractivity contribution in [2.45, 2.75) is 20.3 Å². The van der Waals surface area contributed by atoms with Gasteiger partial charge in [0.1, 0.15) is 22.7 Å². The molecule has 0 radical (unpaired) electrons. The summed E-state index contributed by atoms with van der Waals surface area (Å²) in [4.78, 5) is 31.8. The van der Waals surface area contributed by atoms with Gasteiger partial charge in [-0.25, -0.2) is 9.97 Å². The van der Waals surface area contributed by atoms with E-state index >= 15 is 0 Å². The summed E-state index contributed by atoms with van der Waals surface area (Å²) in [5, 5.41) is 5.23. The van der Waals surface area contributed by atoms with Crippen molar-refractivity contribution in [3.63, 3.8) is 0 Å². The first-order valence-electron chi connectivity index (χ1n) is 11.7. The average Bonchev–Trinajstić information content (AvgIpc) is 3.44. The zero-order chi connectivity index (χ0) is 23.7. The Morgan fingerprint density at radius 2 is 2.06 bits per heavy atom. The van der Waals surface area contributed by atoms with Gasteiger partial charge in [0, 0.05) is 49.8 Å². The monoisotopic (exact) mass is 478 g/mol. The van der Waals surface area contributed by atoms with Crippen LogP contribution in [0.15, 0.2) is 30.7 Å². The van der Waals surface area contributed by atoms with E-state index in [0.29, 0.717) is 11.4 Å². The van der Waals surface area contributed by atoms with Crippen LogP contribution in [0.2, 0.25) is 0 Å². The van der Waals surface area contributed by atoms with Crippen LogP contribution in [0.5, 0.6) is 5.75 Å². The summed E-state index contributed by atoms with van der Waals surface area (Å²) in [6.07, 6.45) is 4.35. The molecule has 0 bridgehead atoms. The van der Waals surface area contributed by atoms with Crippen molar-refractivity contribution in [2.75, 3.05) is 51.3 Å². The van der Waals surface area contributed by atoms with E-state index in [2.05, 4.69) is 37.0 Å². The largest absolute Gasteiger partial charge is 0.497 e. The summed E-state index contributed by atoms with van der Waals surface area (Å²) >= 11 is 1.45. The normalized spacial score (nSPS) is 14.7. The summed E-state index contributed by atoms with van der Waals surface area (Å²) < 4.78 is 5.35. The number of rotatable bonds is 7. The molecule has 1 aliphatic rings. The third-order valence-corrected chi connectivity index (χ3v) is 7.89. The van der Waals surface area contributed by atoms with Crippen LogP contribution < -0.4 is 15.0 Å². The Kier molecular flexibility index (Phi) is 6.38. The summed E-state index contributed by atoms with van der Waals surface area (Å²) in [7, 11) is 1.67. The molecule has 9 heteroatoms. The molecule has 3 aromatic heterocycles. The highest BCUT2D eigenvalue weighted by Gasteiger charge is 2.24. The summed E-state index contributed by atoms with van der Waals surface area (Å²) in [6.45, 7) is 9.75. The number of benzene rings is 1. The molecule has 4 heterocycles. The molecule has 4 aromatic rings. The van der Waals surface area contributed by atoms with Gasteiger partial charge in [-0.2, -0.15) is 0 Å². The molecule has 1 fully saturated rings. The molecule has 5 rings (SSSR count). The highest BCUT2D eigenvalue weighted by molar-refractivity contribution is 7.20. The van der Waals surface area contributed by atoms with Gasteiger partial charge in [0.2, 0.25) is 0 Å². The minimum Gasteiger partial charge on any atom is -0.497 e. The lowest BCUT2D eigenvalue weighted by molar-refractivity contribution is 0.0957. The lowest BCUT2D eigenvalue weighted by Gasteiger charge is -2.35. The van der Waals surface area contributed by atoms with Crippen LogP contribution >= 0.6 is 11.3 Å². The molecule has 0 atom stereocenters. The number of anilines is 1. The predicted octanol–water partition coefficient (Wildman–Crippen LogP) is 3.60. The molecule has 0 saturated carbocycles. The van der Waals surface area contributed by atoms with E-state index in [1.54, 1.807) is 13.4 Å². The van der Waals surface area contributed by atoms with Crippen LogP contribution in [-0.4, -0.2) is 72.1 Å². The van der Waals surface area contributed by atoms with E-state index < -0.39 is 0 Å². The van der Waals surface area contributed by atoms with Crippen LogP contribution in [-0.2, 0) is 6.42 Å². The number of hydrogen-bond donors (Lipinski definition) is 2. The number of nitrogens with zero attached hydrogens (tertiary/aromatic N) is 4. The predicted molar refractivity (Wildman–Crippen MR) is 137 cm³/mol. The second kappa shape index (κ2) is 9.60. The number of carbonyl (C=O) groups is 1. The first kappa shape index (κ1) is 22.6. The summed E-state index contributed by atoms with van der Waals surface area (Å²) in [6, 6.07) is 5.98.